The number of rotatable bonds is 7. The lowest BCUT2D eigenvalue weighted by molar-refractivity contribution is 0.624. The normalized spacial score (nSPS) is 10.4. The van der Waals surface area contributed by atoms with Crippen molar-refractivity contribution in [3.8, 4) is 11.8 Å². The van der Waals surface area contributed by atoms with Gasteiger partial charge in [-0.1, -0.05) is 79.6 Å². The molecule has 0 fully saturated rings. The molecule has 29 heavy (non-hydrogen) atoms. The predicted molar refractivity (Wildman–Crippen MR) is 121 cm³/mol. The molecule has 0 radical (unpaired) electrons. The van der Waals surface area contributed by atoms with Crippen molar-refractivity contribution in [3.05, 3.63) is 105 Å². The van der Waals surface area contributed by atoms with E-state index in [0.717, 1.165) is 18.4 Å². The molecule has 0 atom stereocenters. The lowest BCUT2D eigenvalue weighted by atomic mass is 10.0. The van der Waals surface area contributed by atoms with Gasteiger partial charge in [0.15, 0.2) is 0 Å². The number of halogens is 2. The van der Waals surface area contributed by atoms with Crippen LogP contribution < -0.4 is 0 Å². The molecule has 0 aliphatic rings. The molecule has 0 saturated carbocycles. The van der Waals surface area contributed by atoms with Gasteiger partial charge in [-0.2, -0.15) is 0 Å². The fourth-order valence-electron chi connectivity index (χ4n) is 3.23. The van der Waals surface area contributed by atoms with Crippen molar-refractivity contribution in [1.29, 1.82) is 0 Å². The number of hydrogen-bond donors (Lipinski definition) is 0. The minimum absolute atomic E-state index is 0.358. The maximum Gasteiger partial charge on any atom is 0.140 e. The van der Waals surface area contributed by atoms with Crippen LogP contribution in [0.4, 0.5) is 4.39 Å². The number of benzene rings is 3. The highest BCUT2D eigenvalue weighted by atomic mass is 35.5. The molecule has 0 N–H and O–H groups in total. The first kappa shape index (κ1) is 21.2. The van der Waals surface area contributed by atoms with Crippen LogP contribution in [0.5, 0.6) is 0 Å². The van der Waals surface area contributed by atoms with Gasteiger partial charge in [-0.25, -0.2) is 4.39 Å². The summed E-state index contributed by atoms with van der Waals surface area (Å²) in [5, 5.41) is 0.378. The molecule has 0 aromatic heterocycles. The average molecular weight is 405 g/mol. The molecule has 2 heteroatoms. The molecular weight excluding hydrogens is 379 g/mol. The number of unbranched alkanes of at least 4 members (excludes halogenated alkanes) is 2. The van der Waals surface area contributed by atoms with Gasteiger partial charge in [0.05, 0.1) is 5.56 Å². The fraction of sp³-hybridized carbons (Fsp3) is 0.259. The Balaban J connectivity index is 1.54. The Kier molecular flexibility index (Phi) is 7.91. The fourth-order valence-corrected chi connectivity index (χ4v) is 3.38. The van der Waals surface area contributed by atoms with Crippen LogP contribution in [0.25, 0.3) is 0 Å². The Morgan fingerprint density at radius 2 is 1.31 bits per heavy atom. The monoisotopic (exact) mass is 404 g/mol. The van der Waals surface area contributed by atoms with Crippen LogP contribution in [0.3, 0.4) is 0 Å². The minimum Gasteiger partial charge on any atom is -0.206 e. The van der Waals surface area contributed by atoms with E-state index in [1.165, 1.54) is 48.4 Å². The third-order valence-electron chi connectivity index (χ3n) is 5.02. The first-order chi connectivity index (χ1) is 14.1. The van der Waals surface area contributed by atoms with Crippen molar-refractivity contribution in [3.63, 3.8) is 0 Å². The second-order valence-corrected chi connectivity index (χ2v) is 7.78. The van der Waals surface area contributed by atoms with Gasteiger partial charge in [0.2, 0.25) is 0 Å². The molecule has 148 valence electrons. The van der Waals surface area contributed by atoms with Crippen molar-refractivity contribution in [2.45, 2.75) is 45.4 Å². The van der Waals surface area contributed by atoms with Crippen LogP contribution in [-0.2, 0) is 19.3 Å². The van der Waals surface area contributed by atoms with Crippen LogP contribution in [0.15, 0.2) is 66.7 Å². The van der Waals surface area contributed by atoms with Crippen molar-refractivity contribution in [1.82, 2.24) is 0 Å². The van der Waals surface area contributed by atoms with E-state index in [1.807, 2.05) is 12.1 Å². The van der Waals surface area contributed by atoms with Gasteiger partial charge in [0, 0.05) is 10.6 Å². The second-order valence-electron chi connectivity index (χ2n) is 7.34. The predicted octanol–water partition coefficient (Wildman–Crippen LogP) is 7.40. The molecule has 0 spiro atoms. The standard InChI is InChI=1S/C27H26ClF/c1-2-3-4-5-21-6-8-22(9-7-21)10-11-23-12-14-24(15-13-23)16-17-25-18-19-26(28)20-27(25)29/h6-9,12-15,18-20H,2-5,10-11H2,1H3. The lowest BCUT2D eigenvalue weighted by Crippen LogP contribution is -1.93. The molecule has 0 heterocycles. The highest BCUT2D eigenvalue weighted by molar-refractivity contribution is 6.30. The molecule has 0 unspecified atom stereocenters. The van der Waals surface area contributed by atoms with E-state index in [4.69, 9.17) is 11.6 Å². The van der Waals surface area contributed by atoms with Crippen LogP contribution in [-0.4, -0.2) is 0 Å². The molecule has 3 aromatic carbocycles. The van der Waals surface area contributed by atoms with Crippen molar-refractivity contribution < 1.29 is 4.39 Å². The number of aryl methyl sites for hydroxylation is 3. The molecule has 3 rings (SSSR count). The van der Waals surface area contributed by atoms with E-state index >= 15 is 0 Å². The van der Waals surface area contributed by atoms with Crippen molar-refractivity contribution >= 4 is 11.6 Å². The SMILES string of the molecule is CCCCCc1ccc(CCc2ccc(C#Cc3ccc(Cl)cc3F)cc2)cc1. The Labute approximate surface area is 178 Å². The largest absolute Gasteiger partial charge is 0.206 e. The summed E-state index contributed by atoms with van der Waals surface area (Å²) in [6, 6.07) is 21.8. The van der Waals surface area contributed by atoms with Crippen LogP contribution in [0.1, 0.15) is 54.0 Å². The zero-order chi connectivity index (χ0) is 20.5. The zero-order valence-electron chi connectivity index (χ0n) is 16.8. The van der Waals surface area contributed by atoms with Crippen LogP contribution in [0, 0.1) is 17.7 Å². The van der Waals surface area contributed by atoms with E-state index < -0.39 is 5.82 Å². The van der Waals surface area contributed by atoms with E-state index in [0.29, 0.717) is 10.6 Å². The highest BCUT2D eigenvalue weighted by Gasteiger charge is 2.00. The van der Waals surface area contributed by atoms with E-state index in [1.54, 1.807) is 12.1 Å². The molecule has 0 aliphatic carbocycles. The maximum atomic E-state index is 13.8. The summed E-state index contributed by atoms with van der Waals surface area (Å²) in [6.45, 7) is 2.24. The van der Waals surface area contributed by atoms with Gasteiger partial charge in [0.1, 0.15) is 5.82 Å². The summed E-state index contributed by atoms with van der Waals surface area (Å²) in [7, 11) is 0. The molecule has 0 nitrogen and oxygen atoms in total. The summed E-state index contributed by atoms with van der Waals surface area (Å²) in [6.07, 6.45) is 7.04. The van der Waals surface area contributed by atoms with Gasteiger partial charge < -0.3 is 0 Å². The Morgan fingerprint density at radius 3 is 1.90 bits per heavy atom. The van der Waals surface area contributed by atoms with Crippen LogP contribution in [0.2, 0.25) is 5.02 Å². The van der Waals surface area contributed by atoms with Gasteiger partial charge in [-0.05, 0) is 72.7 Å². The minimum atomic E-state index is -0.391. The summed E-state index contributed by atoms with van der Waals surface area (Å²) in [5.74, 6) is 5.50. The first-order valence-electron chi connectivity index (χ1n) is 10.3. The second kappa shape index (κ2) is 10.8. The third-order valence-corrected chi connectivity index (χ3v) is 5.26. The zero-order valence-corrected chi connectivity index (χ0v) is 17.6. The topological polar surface area (TPSA) is 0 Å². The average Bonchev–Trinajstić information content (AvgIpc) is 2.73. The molecule has 0 saturated heterocycles. The lowest BCUT2D eigenvalue weighted by Gasteiger charge is -2.05. The Hall–Kier alpha value is -2.56. The van der Waals surface area contributed by atoms with Gasteiger partial charge >= 0.3 is 0 Å². The molecule has 0 bridgehead atoms. The molecule has 3 aromatic rings. The smallest absolute Gasteiger partial charge is 0.140 e. The van der Waals surface area contributed by atoms with Crippen LogP contribution >= 0.6 is 11.6 Å². The Morgan fingerprint density at radius 1 is 0.724 bits per heavy atom. The van der Waals surface area contributed by atoms with Crippen molar-refractivity contribution in [2.24, 2.45) is 0 Å². The van der Waals surface area contributed by atoms with Gasteiger partial charge in [-0.15, -0.1) is 0 Å². The molecular formula is C27H26ClF. The summed E-state index contributed by atoms with van der Waals surface area (Å²) >= 11 is 5.77. The molecule has 0 aliphatic heterocycles. The van der Waals surface area contributed by atoms with Gasteiger partial charge in [-0.3, -0.25) is 0 Å². The molecule has 0 amide bonds. The van der Waals surface area contributed by atoms with Crippen molar-refractivity contribution in [2.75, 3.05) is 0 Å². The highest BCUT2D eigenvalue weighted by Crippen LogP contribution is 2.15. The summed E-state index contributed by atoms with van der Waals surface area (Å²) < 4.78 is 13.8. The van der Waals surface area contributed by atoms with E-state index in [9.17, 15) is 4.39 Å². The summed E-state index contributed by atoms with van der Waals surface area (Å²) in [5.41, 5.74) is 5.31. The number of hydrogen-bond acceptors (Lipinski definition) is 0. The first-order valence-corrected chi connectivity index (χ1v) is 10.7. The quantitative estimate of drug-likeness (QED) is 0.284. The van der Waals surface area contributed by atoms with E-state index in [-0.39, 0.29) is 0 Å². The van der Waals surface area contributed by atoms with Gasteiger partial charge in [0.25, 0.3) is 0 Å². The maximum absolute atomic E-state index is 13.8. The Bertz CT molecular complexity index is 976. The van der Waals surface area contributed by atoms with E-state index in [2.05, 4.69) is 55.2 Å². The third kappa shape index (κ3) is 6.77. The summed E-state index contributed by atoms with van der Waals surface area (Å²) in [4.78, 5) is 0.